The standard InChI is InChI=1S/C15H13N2O5/c18-14(12-6-2-1-3-7-12)10-16-9-5-4-8-13(16)15(19)22-11-17(20)21/h1-9H,10-11H2/q+1. The van der Waals surface area contributed by atoms with E-state index in [4.69, 9.17) is 0 Å². The van der Waals surface area contributed by atoms with E-state index in [2.05, 4.69) is 4.74 Å². The second-order valence-electron chi connectivity index (χ2n) is 4.40. The smallest absolute Gasteiger partial charge is 0.392 e. The number of aromatic nitrogens is 1. The van der Waals surface area contributed by atoms with Gasteiger partial charge in [0.15, 0.2) is 6.20 Å². The van der Waals surface area contributed by atoms with Gasteiger partial charge in [-0.1, -0.05) is 30.3 Å². The van der Waals surface area contributed by atoms with Crippen LogP contribution < -0.4 is 4.57 Å². The lowest BCUT2D eigenvalue weighted by Gasteiger charge is -2.02. The molecule has 112 valence electrons. The van der Waals surface area contributed by atoms with E-state index in [0.29, 0.717) is 5.56 Å². The number of rotatable bonds is 6. The maximum Gasteiger partial charge on any atom is 0.408 e. The molecule has 1 aromatic heterocycles. The Morgan fingerprint density at radius 1 is 1.09 bits per heavy atom. The Kier molecular flexibility index (Phi) is 4.92. The molecule has 7 heteroatoms. The Morgan fingerprint density at radius 3 is 2.45 bits per heavy atom. The summed E-state index contributed by atoms with van der Waals surface area (Å²) in [5, 5.41) is 10.3. The van der Waals surface area contributed by atoms with Crippen molar-refractivity contribution in [3.05, 3.63) is 76.1 Å². The van der Waals surface area contributed by atoms with Gasteiger partial charge in [-0.25, -0.2) is 4.79 Å². The molecule has 1 heterocycles. The van der Waals surface area contributed by atoms with Crippen LogP contribution in [-0.2, 0) is 11.3 Å². The summed E-state index contributed by atoms with van der Waals surface area (Å²) < 4.78 is 5.95. The Morgan fingerprint density at radius 2 is 1.77 bits per heavy atom. The average Bonchev–Trinajstić information content (AvgIpc) is 2.54. The van der Waals surface area contributed by atoms with Crippen molar-refractivity contribution in [3.63, 3.8) is 0 Å². The molecule has 22 heavy (non-hydrogen) atoms. The minimum absolute atomic E-state index is 0.0618. The van der Waals surface area contributed by atoms with Gasteiger partial charge >= 0.3 is 12.7 Å². The van der Waals surface area contributed by atoms with E-state index in [1.54, 1.807) is 48.7 Å². The molecule has 7 nitrogen and oxygen atoms in total. The van der Waals surface area contributed by atoms with Gasteiger partial charge in [0.25, 0.3) is 5.69 Å². The molecule has 0 aliphatic rings. The minimum Gasteiger partial charge on any atom is -0.392 e. The Balaban J connectivity index is 2.16. The molecule has 0 N–H and O–H groups in total. The Labute approximate surface area is 125 Å². The molecule has 0 atom stereocenters. The third-order valence-electron chi connectivity index (χ3n) is 2.86. The van der Waals surface area contributed by atoms with Crippen molar-refractivity contribution in [2.24, 2.45) is 0 Å². The molecular formula is C15H13N2O5+. The molecule has 2 rings (SSSR count). The summed E-state index contributed by atoms with van der Waals surface area (Å²) in [6, 6.07) is 13.3. The van der Waals surface area contributed by atoms with Gasteiger partial charge in [-0.2, -0.15) is 4.57 Å². The van der Waals surface area contributed by atoms with E-state index in [-0.39, 0.29) is 18.0 Å². The number of ether oxygens (including phenoxy) is 1. The topological polar surface area (TPSA) is 90.4 Å². The van der Waals surface area contributed by atoms with Crippen molar-refractivity contribution in [3.8, 4) is 0 Å². The lowest BCUT2D eigenvalue weighted by molar-refractivity contribution is -0.686. The van der Waals surface area contributed by atoms with Crippen LogP contribution in [0, 0.1) is 10.1 Å². The molecule has 0 unspecified atom stereocenters. The average molecular weight is 301 g/mol. The van der Waals surface area contributed by atoms with Gasteiger partial charge in [-0.05, 0) is 6.07 Å². The van der Waals surface area contributed by atoms with Crippen molar-refractivity contribution in [1.29, 1.82) is 0 Å². The van der Waals surface area contributed by atoms with Crippen molar-refractivity contribution >= 4 is 11.8 Å². The number of Topliss-reactive ketones (excluding diaryl/α,β-unsaturated/α-hetero) is 1. The first kappa shape index (κ1) is 15.3. The van der Waals surface area contributed by atoms with Crippen molar-refractivity contribution in [1.82, 2.24) is 0 Å². The van der Waals surface area contributed by atoms with E-state index >= 15 is 0 Å². The fourth-order valence-electron chi connectivity index (χ4n) is 1.85. The maximum absolute atomic E-state index is 12.2. The van der Waals surface area contributed by atoms with Gasteiger partial charge < -0.3 is 4.74 Å². The molecule has 0 bridgehead atoms. The molecule has 2 aromatic rings. The molecule has 1 aromatic carbocycles. The van der Waals surface area contributed by atoms with Crippen LogP contribution in [-0.4, -0.2) is 23.4 Å². The minimum atomic E-state index is -0.916. The second kappa shape index (κ2) is 7.07. The van der Waals surface area contributed by atoms with Crippen LogP contribution in [0.5, 0.6) is 0 Å². The summed E-state index contributed by atoms with van der Waals surface area (Å²) in [4.78, 5) is 33.5. The van der Waals surface area contributed by atoms with E-state index in [9.17, 15) is 19.7 Å². The van der Waals surface area contributed by atoms with Gasteiger partial charge in [0.05, 0.1) is 4.92 Å². The van der Waals surface area contributed by atoms with Crippen LogP contribution in [0.4, 0.5) is 0 Å². The van der Waals surface area contributed by atoms with Gasteiger partial charge in [0.1, 0.15) is 0 Å². The SMILES string of the molecule is O=C(C[n+]1ccccc1C(=O)OC[N+](=O)[O-])c1ccccc1. The fraction of sp³-hybridized carbons (Fsp3) is 0.133. The zero-order valence-electron chi connectivity index (χ0n) is 11.5. The monoisotopic (exact) mass is 301 g/mol. The van der Waals surface area contributed by atoms with E-state index < -0.39 is 17.6 Å². The van der Waals surface area contributed by atoms with Crippen LogP contribution in [0.15, 0.2) is 54.7 Å². The maximum atomic E-state index is 12.2. The first-order chi connectivity index (χ1) is 10.6. The summed E-state index contributed by atoms with van der Waals surface area (Å²) in [5.74, 6) is -1.03. The van der Waals surface area contributed by atoms with Crippen molar-refractivity contribution < 1.29 is 23.8 Å². The highest BCUT2D eigenvalue weighted by atomic mass is 16.7. The summed E-state index contributed by atoms with van der Waals surface area (Å²) >= 11 is 0. The van der Waals surface area contributed by atoms with Crippen molar-refractivity contribution in [2.45, 2.75) is 6.54 Å². The van der Waals surface area contributed by atoms with Gasteiger partial charge in [-0.3, -0.25) is 14.9 Å². The quantitative estimate of drug-likeness (QED) is 0.200. The number of hydrogen-bond donors (Lipinski definition) is 0. The Hall–Kier alpha value is -3.09. The Bertz CT molecular complexity index is 700. The lowest BCUT2D eigenvalue weighted by Crippen LogP contribution is -2.43. The summed E-state index contributed by atoms with van der Waals surface area (Å²) in [5.41, 5.74) is 0.595. The molecule has 0 amide bonds. The largest absolute Gasteiger partial charge is 0.408 e. The molecule has 0 aliphatic carbocycles. The van der Waals surface area contributed by atoms with Crippen molar-refractivity contribution in [2.75, 3.05) is 6.73 Å². The third kappa shape index (κ3) is 3.95. The third-order valence-corrected chi connectivity index (χ3v) is 2.86. The molecule has 0 aliphatic heterocycles. The highest BCUT2D eigenvalue weighted by molar-refractivity contribution is 5.95. The number of benzene rings is 1. The molecule has 0 spiro atoms. The second-order valence-corrected chi connectivity index (χ2v) is 4.40. The summed E-state index contributed by atoms with van der Waals surface area (Å²) in [7, 11) is 0. The van der Waals surface area contributed by atoms with Crippen LogP contribution in [0.25, 0.3) is 0 Å². The molecule has 0 radical (unpaired) electrons. The molecule has 0 saturated carbocycles. The zero-order valence-corrected chi connectivity index (χ0v) is 11.5. The number of ketones is 1. The first-order valence-corrected chi connectivity index (χ1v) is 6.43. The number of esters is 1. The predicted octanol–water partition coefficient (Wildman–Crippen LogP) is 1.25. The zero-order chi connectivity index (χ0) is 15.9. The lowest BCUT2D eigenvalue weighted by atomic mass is 10.1. The highest BCUT2D eigenvalue weighted by Crippen LogP contribution is 2.02. The van der Waals surface area contributed by atoms with Crippen LogP contribution >= 0.6 is 0 Å². The number of pyridine rings is 1. The van der Waals surface area contributed by atoms with Gasteiger partial charge in [0.2, 0.25) is 12.3 Å². The van der Waals surface area contributed by atoms with E-state index in [0.717, 1.165) is 0 Å². The molecular weight excluding hydrogens is 288 g/mol. The highest BCUT2D eigenvalue weighted by Gasteiger charge is 2.23. The number of nitro groups is 1. The fourth-order valence-corrected chi connectivity index (χ4v) is 1.85. The first-order valence-electron chi connectivity index (χ1n) is 6.43. The predicted molar refractivity (Wildman–Crippen MR) is 74.7 cm³/mol. The number of hydrogen-bond acceptors (Lipinski definition) is 5. The van der Waals surface area contributed by atoms with Crippen LogP contribution in [0.2, 0.25) is 0 Å². The number of nitrogens with zero attached hydrogens (tertiary/aromatic N) is 2. The van der Waals surface area contributed by atoms with E-state index in [1.807, 2.05) is 0 Å². The molecule has 0 saturated heterocycles. The summed E-state index contributed by atoms with van der Waals surface area (Å²) in [6.07, 6.45) is 1.55. The van der Waals surface area contributed by atoms with Gasteiger partial charge in [-0.15, -0.1) is 0 Å². The van der Waals surface area contributed by atoms with E-state index in [1.165, 1.54) is 10.6 Å². The van der Waals surface area contributed by atoms with Gasteiger partial charge in [0, 0.05) is 17.7 Å². The normalized spacial score (nSPS) is 10.0. The number of carbonyl (C=O) groups is 2. The number of carbonyl (C=O) groups excluding carboxylic acids is 2. The molecule has 0 fully saturated rings. The van der Waals surface area contributed by atoms with Crippen LogP contribution in [0.3, 0.4) is 0 Å². The van der Waals surface area contributed by atoms with Crippen LogP contribution in [0.1, 0.15) is 20.8 Å². The summed E-state index contributed by atoms with van der Waals surface area (Å²) in [6.45, 7) is -0.978.